The Morgan fingerprint density at radius 1 is 1.33 bits per heavy atom. The van der Waals surface area contributed by atoms with Crippen molar-refractivity contribution in [3.05, 3.63) is 57.5 Å². The highest BCUT2D eigenvalue weighted by molar-refractivity contribution is 6.33. The Labute approximate surface area is 127 Å². The number of halogens is 1. The number of rotatable bonds is 2. The van der Waals surface area contributed by atoms with Crippen LogP contribution in [-0.2, 0) is 4.74 Å². The first-order valence-corrected chi connectivity index (χ1v) is 7.21. The number of ether oxygens (including phenoxy) is 1. The first-order valence-electron chi connectivity index (χ1n) is 6.83. The smallest absolute Gasteiger partial charge is 0.285 e. The van der Waals surface area contributed by atoms with Gasteiger partial charge in [0.05, 0.1) is 18.0 Å². The van der Waals surface area contributed by atoms with Crippen LogP contribution in [0.5, 0.6) is 0 Å². The van der Waals surface area contributed by atoms with E-state index < -0.39 is 0 Å². The van der Waals surface area contributed by atoms with Crippen LogP contribution in [0.1, 0.15) is 18.6 Å². The number of benzene rings is 1. The molecule has 1 saturated heterocycles. The molecule has 2 aromatic rings. The van der Waals surface area contributed by atoms with Gasteiger partial charge in [-0.2, -0.15) is 5.10 Å². The van der Waals surface area contributed by atoms with Crippen LogP contribution in [0.2, 0.25) is 5.02 Å². The van der Waals surface area contributed by atoms with Crippen LogP contribution in [0.4, 0.5) is 5.69 Å². The van der Waals surface area contributed by atoms with Crippen molar-refractivity contribution in [3.63, 3.8) is 0 Å². The molecule has 5 nitrogen and oxygen atoms in total. The van der Waals surface area contributed by atoms with Crippen molar-refractivity contribution in [1.82, 2.24) is 10.2 Å². The Bertz CT molecular complexity index is 674. The molecule has 2 atom stereocenters. The summed E-state index contributed by atoms with van der Waals surface area (Å²) in [6, 6.07) is 10.0. The largest absolute Gasteiger partial charge is 0.367 e. The number of nitrogens with one attached hydrogen (secondary N) is 1. The van der Waals surface area contributed by atoms with Gasteiger partial charge in [-0.05, 0) is 12.5 Å². The van der Waals surface area contributed by atoms with E-state index in [0.717, 1.165) is 5.56 Å². The Hall–Kier alpha value is -1.85. The quantitative estimate of drug-likeness (QED) is 0.925. The van der Waals surface area contributed by atoms with Crippen molar-refractivity contribution >= 4 is 17.3 Å². The summed E-state index contributed by atoms with van der Waals surface area (Å²) >= 11 is 6.10. The predicted octanol–water partition coefficient (Wildman–Crippen LogP) is 2.39. The van der Waals surface area contributed by atoms with Crippen LogP contribution >= 0.6 is 11.6 Å². The van der Waals surface area contributed by atoms with Crippen LogP contribution < -0.4 is 10.5 Å². The van der Waals surface area contributed by atoms with Crippen LogP contribution in [0, 0.1) is 0 Å². The first kappa shape index (κ1) is 14.1. The second-order valence-corrected chi connectivity index (χ2v) is 5.53. The number of hydrogen-bond acceptors (Lipinski definition) is 4. The zero-order valence-electron chi connectivity index (χ0n) is 11.6. The van der Waals surface area contributed by atoms with Crippen LogP contribution in [0.15, 0.2) is 41.3 Å². The van der Waals surface area contributed by atoms with Crippen LogP contribution in [0.25, 0.3) is 0 Å². The van der Waals surface area contributed by atoms with Crippen LogP contribution in [0.3, 0.4) is 0 Å². The van der Waals surface area contributed by atoms with E-state index in [4.69, 9.17) is 16.3 Å². The fourth-order valence-electron chi connectivity index (χ4n) is 2.59. The molecule has 0 aliphatic carbocycles. The third kappa shape index (κ3) is 2.94. The van der Waals surface area contributed by atoms with Gasteiger partial charge in [0, 0.05) is 13.1 Å². The van der Waals surface area contributed by atoms with Crippen molar-refractivity contribution in [2.24, 2.45) is 0 Å². The van der Waals surface area contributed by atoms with E-state index in [9.17, 15) is 4.79 Å². The molecule has 1 aliphatic rings. The molecule has 2 heterocycles. The first-order chi connectivity index (χ1) is 10.1. The summed E-state index contributed by atoms with van der Waals surface area (Å²) in [6.45, 7) is 3.32. The van der Waals surface area contributed by atoms with Crippen molar-refractivity contribution in [2.45, 2.75) is 19.1 Å². The highest BCUT2D eigenvalue weighted by Gasteiger charge is 2.28. The van der Waals surface area contributed by atoms with Crippen LogP contribution in [-0.4, -0.2) is 29.4 Å². The van der Waals surface area contributed by atoms with E-state index in [1.807, 2.05) is 37.3 Å². The summed E-state index contributed by atoms with van der Waals surface area (Å²) < 4.78 is 6.00. The summed E-state index contributed by atoms with van der Waals surface area (Å²) in [4.78, 5) is 13.7. The Morgan fingerprint density at radius 2 is 2.10 bits per heavy atom. The molecule has 3 rings (SSSR count). The second-order valence-electron chi connectivity index (χ2n) is 5.15. The average molecular weight is 306 g/mol. The van der Waals surface area contributed by atoms with Crippen molar-refractivity contribution in [1.29, 1.82) is 0 Å². The standard InChI is InChI=1S/C15H16ClN3O2/c1-10-8-19(12-7-17-18-15(20)14(12)16)9-13(21-10)11-5-3-2-4-6-11/h2-7,10,13H,8-9H2,1H3,(H,18,20)/t10-,13+/m1/s1. The van der Waals surface area contributed by atoms with Gasteiger partial charge in [-0.15, -0.1) is 0 Å². The van der Waals surface area contributed by atoms with Gasteiger partial charge in [-0.25, -0.2) is 5.10 Å². The Morgan fingerprint density at radius 3 is 2.86 bits per heavy atom. The average Bonchev–Trinajstić information content (AvgIpc) is 2.50. The molecule has 0 unspecified atom stereocenters. The number of nitrogens with zero attached hydrogens (tertiary/aromatic N) is 2. The molecule has 1 N–H and O–H groups in total. The lowest BCUT2D eigenvalue weighted by Gasteiger charge is -2.38. The monoisotopic (exact) mass is 305 g/mol. The molecule has 0 amide bonds. The molecule has 0 spiro atoms. The third-order valence-electron chi connectivity index (χ3n) is 3.55. The Kier molecular flexibility index (Phi) is 3.94. The highest BCUT2D eigenvalue weighted by atomic mass is 35.5. The lowest BCUT2D eigenvalue weighted by atomic mass is 10.1. The molecule has 0 radical (unpaired) electrons. The maximum absolute atomic E-state index is 11.6. The fraction of sp³-hybridized carbons (Fsp3) is 0.333. The molecule has 21 heavy (non-hydrogen) atoms. The Balaban J connectivity index is 1.90. The van der Waals surface area contributed by atoms with Gasteiger partial charge < -0.3 is 9.64 Å². The molecule has 6 heteroatoms. The van der Waals surface area contributed by atoms with Gasteiger partial charge in [-0.3, -0.25) is 4.79 Å². The van der Waals surface area contributed by atoms with E-state index in [1.165, 1.54) is 0 Å². The number of morpholine rings is 1. The summed E-state index contributed by atoms with van der Waals surface area (Å²) in [7, 11) is 0. The summed E-state index contributed by atoms with van der Waals surface area (Å²) in [5.74, 6) is 0. The summed E-state index contributed by atoms with van der Waals surface area (Å²) in [6.07, 6.45) is 1.58. The molecule has 0 bridgehead atoms. The van der Waals surface area contributed by atoms with E-state index >= 15 is 0 Å². The van der Waals surface area contributed by atoms with Crippen molar-refractivity contribution in [2.75, 3.05) is 18.0 Å². The van der Waals surface area contributed by atoms with Crippen molar-refractivity contribution < 1.29 is 4.74 Å². The summed E-state index contributed by atoms with van der Waals surface area (Å²) in [5.41, 5.74) is 1.39. The minimum absolute atomic E-state index is 0.0410. The minimum Gasteiger partial charge on any atom is -0.367 e. The molecule has 110 valence electrons. The molecular weight excluding hydrogens is 290 g/mol. The maximum atomic E-state index is 11.6. The van der Waals surface area contributed by atoms with Gasteiger partial charge in [0.2, 0.25) is 0 Å². The lowest BCUT2D eigenvalue weighted by Crippen LogP contribution is -2.43. The highest BCUT2D eigenvalue weighted by Crippen LogP contribution is 2.30. The van der Waals surface area contributed by atoms with Gasteiger partial charge in [0.1, 0.15) is 11.1 Å². The number of H-pyrrole nitrogens is 1. The fourth-order valence-corrected chi connectivity index (χ4v) is 2.81. The number of anilines is 1. The van der Waals surface area contributed by atoms with E-state index in [2.05, 4.69) is 15.1 Å². The topological polar surface area (TPSA) is 58.2 Å². The second kappa shape index (κ2) is 5.87. The van der Waals surface area contributed by atoms with Gasteiger partial charge in [0.25, 0.3) is 5.56 Å². The minimum atomic E-state index is -0.371. The molecule has 1 fully saturated rings. The van der Waals surface area contributed by atoms with Crippen molar-refractivity contribution in [3.8, 4) is 0 Å². The normalized spacial score (nSPS) is 22.3. The zero-order chi connectivity index (χ0) is 14.8. The van der Waals surface area contributed by atoms with E-state index in [-0.39, 0.29) is 22.8 Å². The number of aromatic amines is 1. The lowest BCUT2D eigenvalue weighted by molar-refractivity contribution is -0.0173. The maximum Gasteiger partial charge on any atom is 0.285 e. The molecule has 0 saturated carbocycles. The molecule has 1 aliphatic heterocycles. The third-order valence-corrected chi connectivity index (χ3v) is 3.91. The van der Waals surface area contributed by atoms with E-state index in [1.54, 1.807) is 6.20 Å². The molecule has 1 aromatic heterocycles. The van der Waals surface area contributed by atoms with Gasteiger partial charge in [-0.1, -0.05) is 41.9 Å². The van der Waals surface area contributed by atoms with E-state index in [0.29, 0.717) is 18.8 Å². The molecule has 1 aromatic carbocycles. The number of hydrogen-bond donors (Lipinski definition) is 1. The SMILES string of the molecule is C[C@@H]1CN(c2cn[nH]c(=O)c2Cl)C[C@@H](c2ccccc2)O1. The zero-order valence-corrected chi connectivity index (χ0v) is 12.4. The number of aromatic nitrogens is 2. The van der Waals surface area contributed by atoms with Gasteiger partial charge >= 0.3 is 0 Å². The van der Waals surface area contributed by atoms with Gasteiger partial charge in [0.15, 0.2) is 0 Å². The molecular formula is C15H16ClN3O2. The summed E-state index contributed by atoms with van der Waals surface area (Å²) in [5, 5.41) is 6.35. The predicted molar refractivity (Wildman–Crippen MR) is 81.8 cm³/mol.